The molecule has 0 saturated carbocycles. The van der Waals surface area contributed by atoms with Crippen LogP contribution in [0.15, 0.2) is 42.5 Å². The largest absolute Gasteiger partial charge is 0.448 e. The maximum Gasteiger partial charge on any atom is 0.339 e. The SMILES string of the molecule is N#Cc1c(F)cccc1NCCNC(=O)[C@@H]1Cc2ccccc2C(=O)O1. The number of esters is 1. The first kappa shape index (κ1) is 17.4. The summed E-state index contributed by atoms with van der Waals surface area (Å²) in [6.45, 7) is 0.525. The molecule has 2 aromatic carbocycles. The predicted molar refractivity (Wildman–Crippen MR) is 92.0 cm³/mol. The van der Waals surface area contributed by atoms with Crippen molar-refractivity contribution in [1.82, 2.24) is 5.32 Å². The third-order valence-corrected chi connectivity index (χ3v) is 4.05. The van der Waals surface area contributed by atoms with Gasteiger partial charge in [-0.1, -0.05) is 24.3 Å². The van der Waals surface area contributed by atoms with E-state index in [1.165, 1.54) is 12.1 Å². The number of rotatable bonds is 5. The van der Waals surface area contributed by atoms with Crippen molar-refractivity contribution in [2.75, 3.05) is 18.4 Å². The van der Waals surface area contributed by atoms with E-state index in [9.17, 15) is 14.0 Å². The number of halogens is 1. The van der Waals surface area contributed by atoms with Crippen molar-refractivity contribution >= 4 is 17.6 Å². The second-order valence-electron chi connectivity index (χ2n) is 5.75. The number of ether oxygens (including phenoxy) is 1. The molecule has 26 heavy (non-hydrogen) atoms. The normalized spacial score (nSPS) is 15.4. The van der Waals surface area contributed by atoms with E-state index in [4.69, 9.17) is 10.00 Å². The predicted octanol–water partition coefficient (Wildman–Crippen LogP) is 2.01. The highest BCUT2D eigenvalue weighted by Crippen LogP contribution is 2.20. The zero-order chi connectivity index (χ0) is 18.5. The fraction of sp³-hybridized carbons (Fsp3) is 0.211. The maximum absolute atomic E-state index is 13.5. The summed E-state index contributed by atoms with van der Waals surface area (Å²) < 4.78 is 18.7. The summed E-state index contributed by atoms with van der Waals surface area (Å²) in [5.74, 6) is -1.51. The third-order valence-electron chi connectivity index (χ3n) is 4.05. The van der Waals surface area contributed by atoms with Crippen LogP contribution in [0.5, 0.6) is 0 Å². The highest BCUT2D eigenvalue weighted by molar-refractivity contribution is 5.95. The van der Waals surface area contributed by atoms with Crippen molar-refractivity contribution in [1.29, 1.82) is 5.26 Å². The molecule has 2 N–H and O–H groups in total. The average molecular weight is 353 g/mol. The lowest BCUT2D eigenvalue weighted by molar-refractivity contribution is -0.130. The lowest BCUT2D eigenvalue weighted by Gasteiger charge is -2.23. The molecule has 1 heterocycles. The van der Waals surface area contributed by atoms with E-state index in [-0.39, 0.29) is 12.1 Å². The Kier molecular flexibility index (Phi) is 5.13. The van der Waals surface area contributed by atoms with E-state index in [2.05, 4.69) is 10.6 Å². The fourth-order valence-electron chi connectivity index (χ4n) is 2.76. The molecule has 1 aliphatic heterocycles. The average Bonchev–Trinajstić information content (AvgIpc) is 2.65. The molecule has 0 aliphatic carbocycles. The lowest BCUT2D eigenvalue weighted by atomic mass is 9.98. The zero-order valence-corrected chi connectivity index (χ0v) is 13.8. The molecule has 0 fully saturated rings. The second kappa shape index (κ2) is 7.66. The molecule has 0 unspecified atom stereocenters. The summed E-state index contributed by atoms with van der Waals surface area (Å²) in [5, 5.41) is 14.5. The standard InChI is InChI=1S/C19H16FN3O3/c20-15-6-3-7-16(14(15)11-21)22-8-9-23-18(24)17-10-12-4-1-2-5-13(12)19(25)26-17/h1-7,17,22H,8-10H2,(H,23,24)/t17-/m0/s1. The smallest absolute Gasteiger partial charge is 0.339 e. The van der Waals surface area contributed by atoms with Gasteiger partial charge in [-0.05, 0) is 23.8 Å². The van der Waals surface area contributed by atoms with Crippen molar-refractivity contribution in [3.8, 4) is 6.07 Å². The summed E-state index contributed by atoms with van der Waals surface area (Å²) >= 11 is 0. The summed E-state index contributed by atoms with van der Waals surface area (Å²) in [4.78, 5) is 24.2. The Labute approximate surface area is 149 Å². The number of nitriles is 1. The molecular weight excluding hydrogens is 337 g/mol. The van der Waals surface area contributed by atoms with E-state index in [0.29, 0.717) is 24.2 Å². The minimum Gasteiger partial charge on any atom is -0.448 e. The number of fused-ring (bicyclic) bond motifs is 1. The van der Waals surface area contributed by atoms with E-state index < -0.39 is 23.8 Å². The number of hydrogen-bond donors (Lipinski definition) is 2. The fourth-order valence-corrected chi connectivity index (χ4v) is 2.76. The number of carbonyl (C=O) groups is 2. The van der Waals surface area contributed by atoms with Gasteiger partial charge in [-0.2, -0.15) is 5.26 Å². The topological polar surface area (TPSA) is 91.2 Å². The van der Waals surface area contributed by atoms with Crippen molar-refractivity contribution < 1.29 is 18.7 Å². The van der Waals surface area contributed by atoms with Gasteiger partial charge in [-0.3, -0.25) is 4.79 Å². The molecule has 1 aliphatic rings. The number of anilines is 1. The second-order valence-corrected chi connectivity index (χ2v) is 5.75. The molecule has 132 valence electrons. The number of nitrogens with one attached hydrogen (secondary N) is 2. The van der Waals surface area contributed by atoms with Crippen LogP contribution in [0.4, 0.5) is 10.1 Å². The Morgan fingerprint density at radius 3 is 2.85 bits per heavy atom. The molecular formula is C19H16FN3O3. The first-order valence-electron chi connectivity index (χ1n) is 8.09. The van der Waals surface area contributed by atoms with Gasteiger partial charge >= 0.3 is 5.97 Å². The van der Waals surface area contributed by atoms with Crippen LogP contribution >= 0.6 is 0 Å². The quantitative estimate of drug-likeness (QED) is 0.634. The summed E-state index contributed by atoms with van der Waals surface area (Å²) in [7, 11) is 0. The van der Waals surface area contributed by atoms with E-state index in [1.807, 2.05) is 6.07 Å². The first-order chi connectivity index (χ1) is 12.6. The van der Waals surface area contributed by atoms with Crippen LogP contribution < -0.4 is 10.6 Å². The Morgan fingerprint density at radius 1 is 1.23 bits per heavy atom. The van der Waals surface area contributed by atoms with Crippen molar-refractivity contribution in [3.63, 3.8) is 0 Å². The van der Waals surface area contributed by atoms with Gasteiger partial charge in [-0.15, -0.1) is 0 Å². The number of benzene rings is 2. The maximum atomic E-state index is 13.5. The minimum atomic E-state index is -0.874. The van der Waals surface area contributed by atoms with Gasteiger partial charge in [0.15, 0.2) is 6.10 Å². The van der Waals surface area contributed by atoms with Crippen molar-refractivity contribution in [2.45, 2.75) is 12.5 Å². The van der Waals surface area contributed by atoms with E-state index in [1.54, 1.807) is 30.3 Å². The van der Waals surface area contributed by atoms with Crippen LogP contribution in [0, 0.1) is 17.1 Å². The number of nitrogens with zero attached hydrogens (tertiary/aromatic N) is 1. The molecule has 1 amide bonds. The summed E-state index contributed by atoms with van der Waals surface area (Å²) in [6, 6.07) is 13.1. The minimum absolute atomic E-state index is 0.0726. The number of amides is 1. The summed E-state index contributed by atoms with van der Waals surface area (Å²) in [5.41, 5.74) is 1.55. The Morgan fingerprint density at radius 2 is 2.04 bits per heavy atom. The van der Waals surface area contributed by atoms with Crippen LogP contribution in [0.25, 0.3) is 0 Å². The Bertz CT molecular complexity index is 892. The van der Waals surface area contributed by atoms with Gasteiger partial charge in [0.05, 0.1) is 11.3 Å². The van der Waals surface area contributed by atoms with Crippen LogP contribution in [-0.2, 0) is 16.0 Å². The molecule has 6 nitrogen and oxygen atoms in total. The molecule has 1 atom stereocenters. The van der Waals surface area contributed by atoms with Gasteiger partial charge in [0.2, 0.25) is 0 Å². The molecule has 0 radical (unpaired) electrons. The van der Waals surface area contributed by atoms with E-state index in [0.717, 1.165) is 5.56 Å². The van der Waals surface area contributed by atoms with Gasteiger partial charge in [0.25, 0.3) is 5.91 Å². The number of hydrogen-bond acceptors (Lipinski definition) is 5. The number of carbonyl (C=O) groups excluding carboxylic acids is 2. The zero-order valence-electron chi connectivity index (χ0n) is 13.8. The monoisotopic (exact) mass is 353 g/mol. The Hall–Kier alpha value is -3.40. The highest BCUT2D eigenvalue weighted by atomic mass is 19.1. The molecule has 0 saturated heterocycles. The highest BCUT2D eigenvalue weighted by Gasteiger charge is 2.30. The molecule has 7 heteroatoms. The van der Waals surface area contributed by atoms with Gasteiger partial charge in [-0.25, -0.2) is 9.18 Å². The van der Waals surface area contributed by atoms with E-state index >= 15 is 0 Å². The number of cyclic esters (lactones) is 1. The van der Waals surface area contributed by atoms with Gasteiger partial charge in [0, 0.05) is 19.5 Å². The molecule has 2 aromatic rings. The molecule has 3 rings (SSSR count). The van der Waals surface area contributed by atoms with Crippen LogP contribution in [0.1, 0.15) is 21.5 Å². The van der Waals surface area contributed by atoms with Crippen LogP contribution in [0.3, 0.4) is 0 Å². The molecule has 0 spiro atoms. The summed E-state index contributed by atoms with van der Waals surface area (Å²) in [6.07, 6.45) is -0.551. The van der Waals surface area contributed by atoms with Crippen LogP contribution in [-0.4, -0.2) is 31.1 Å². The van der Waals surface area contributed by atoms with Gasteiger partial charge in [0.1, 0.15) is 17.4 Å². The Balaban J connectivity index is 1.52. The van der Waals surface area contributed by atoms with Crippen LogP contribution in [0.2, 0.25) is 0 Å². The first-order valence-corrected chi connectivity index (χ1v) is 8.09. The van der Waals surface area contributed by atoms with Crippen molar-refractivity contribution in [3.05, 3.63) is 65.0 Å². The van der Waals surface area contributed by atoms with Gasteiger partial charge < -0.3 is 15.4 Å². The molecule has 0 aromatic heterocycles. The lowest BCUT2D eigenvalue weighted by Crippen LogP contribution is -2.43. The third kappa shape index (κ3) is 3.64. The molecule has 0 bridgehead atoms. The van der Waals surface area contributed by atoms with Crippen molar-refractivity contribution in [2.24, 2.45) is 0 Å².